The number of carbonyl (C=O) groups is 2. The number of aliphatic hydroxyl groups excluding tert-OH is 2. The Morgan fingerprint density at radius 1 is 1.21 bits per heavy atom. The van der Waals surface area contributed by atoms with Crippen molar-refractivity contribution in [3.63, 3.8) is 0 Å². The maximum Gasteiger partial charge on any atom is 0.522 e. The molecule has 0 saturated heterocycles. The highest BCUT2D eigenvalue weighted by Crippen LogP contribution is 2.36. The molecule has 1 saturated carbocycles. The van der Waals surface area contributed by atoms with E-state index < -0.39 is 48.7 Å². The van der Waals surface area contributed by atoms with Gasteiger partial charge in [-0.05, 0) is 24.6 Å². The summed E-state index contributed by atoms with van der Waals surface area (Å²) in [5.41, 5.74) is 0.512. The first-order valence-electron chi connectivity index (χ1n) is 10.7. The Balaban J connectivity index is 1.26. The molecule has 34 heavy (non-hydrogen) atoms. The monoisotopic (exact) mass is 510 g/mol. The molecule has 190 valence electrons. The van der Waals surface area contributed by atoms with Crippen molar-refractivity contribution in [3.8, 4) is 5.75 Å². The lowest BCUT2D eigenvalue weighted by atomic mass is 9.92. The zero-order valence-corrected chi connectivity index (χ0v) is 18.8. The molecule has 0 radical (unpaired) electrons. The second-order valence-corrected chi connectivity index (χ2v) is 8.60. The fraction of sp³-hybridized carbons (Fsp3) is 0.619. The first-order chi connectivity index (χ1) is 16.0. The number of nitrogens with one attached hydrogen (secondary N) is 2. The van der Waals surface area contributed by atoms with E-state index in [1.807, 2.05) is 0 Å². The number of hydrogen-bond donors (Lipinski definition) is 4. The van der Waals surface area contributed by atoms with Crippen LogP contribution in [0.4, 0.5) is 13.2 Å². The van der Waals surface area contributed by atoms with Gasteiger partial charge in [0, 0.05) is 42.9 Å². The smallest absolute Gasteiger partial charge is 0.480 e. The summed E-state index contributed by atoms with van der Waals surface area (Å²) in [4.78, 5) is 24.1. The van der Waals surface area contributed by atoms with E-state index in [1.165, 1.54) is 0 Å². The van der Waals surface area contributed by atoms with Gasteiger partial charge in [-0.2, -0.15) is 0 Å². The predicted octanol–water partition coefficient (Wildman–Crippen LogP) is 1.59. The SMILES string of the molecule is O=C(CO[C@H]1C[C@@H](OC(F)(F)F)C1)NC[C@@H](O)CCNC(=O)[C@@H]1C[C@@H](O)c2cc(Cl)ccc2O1. The molecule has 1 aliphatic heterocycles. The van der Waals surface area contributed by atoms with Crippen LogP contribution in [0.5, 0.6) is 5.75 Å². The van der Waals surface area contributed by atoms with Crippen molar-refractivity contribution in [3.05, 3.63) is 28.8 Å². The molecule has 4 N–H and O–H groups in total. The third-order valence-corrected chi connectivity index (χ3v) is 5.68. The molecule has 2 amide bonds. The zero-order chi connectivity index (χ0) is 24.9. The van der Waals surface area contributed by atoms with E-state index >= 15 is 0 Å². The molecule has 9 nitrogen and oxygen atoms in total. The van der Waals surface area contributed by atoms with Gasteiger partial charge < -0.3 is 30.3 Å². The number of hydrogen-bond acceptors (Lipinski definition) is 7. The highest BCUT2D eigenvalue weighted by Gasteiger charge is 2.40. The molecular formula is C21H26ClF3N2O7. The average Bonchev–Trinajstić information content (AvgIpc) is 2.73. The Hall–Kier alpha value is -2.12. The summed E-state index contributed by atoms with van der Waals surface area (Å²) in [6.45, 7) is -0.325. The molecule has 0 bridgehead atoms. The Bertz CT molecular complexity index is 867. The number of amides is 2. The van der Waals surface area contributed by atoms with Crippen LogP contribution in [-0.4, -0.2) is 72.5 Å². The molecule has 13 heteroatoms. The number of fused-ring (bicyclic) bond motifs is 1. The van der Waals surface area contributed by atoms with Crippen LogP contribution >= 0.6 is 11.6 Å². The second kappa shape index (κ2) is 11.5. The summed E-state index contributed by atoms with van der Waals surface area (Å²) in [7, 11) is 0. The molecule has 1 aromatic carbocycles. The van der Waals surface area contributed by atoms with Crippen LogP contribution in [0.3, 0.4) is 0 Å². The minimum Gasteiger partial charge on any atom is -0.480 e. The maximum absolute atomic E-state index is 12.3. The quantitative estimate of drug-likeness (QED) is 0.376. The van der Waals surface area contributed by atoms with Gasteiger partial charge in [-0.25, -0.2) is 0 Å². The topological polar surface area (TPSA) is 126 Å². The number of ether oxygens (including phenoxy) is 3. The Kier molecular flexibility index (Phi) is 8.99. The lowest BCUT2D eigenvalue weighted by molar-refractivity contribution is -0.357. The fourth-order valence-electron chi connectivity index (χ4n) is 3.57. The van der Waals surface area contributed by atoms with E-state index in [0.717, 1.165) is 0 Å². The number of rotatable bonds is 10. The third-order valence-electron chi connectivity index (χ3n) is 5.44. The Morgan fingerprint density at radius 2 is 1.94 bits per heavy atom. The fourth-order valence-corrected chi connectivity index (χ4v) is 3.75. The average molecular weight is 511 g/mol. The lowest BCUT2D eigenvalue weighted by Gasteiger charge is -2.34. The minimum atomic E-state index is -4.69. The van der Waals surface area contributed by atoms with E-state index in [4.69, 9.17) is 21.1 Å². The molecule has 0 spiro atoms. The van der Waals surface area contributed by atoms with Crippen molar-refractivity contribution in [1.82, 2.24) is 10.6 Å². The van der Waals surface area contributed by atoms with Crippen LogP contribution < -0.4 is 15.4 Å². The zero-order valence-electron chi connectivity index (χ0n) is 18.0. The first kappa shape index (κ1) is 26.5. The first-order valence-corrected chi connectivity index (χ1v) is 11.1. The van der Waals surface area contributed by atoms with Gasteiger partial charge >= 0.3 is 6.36 Å². The molecule has 1 aromatic rings. The summed E-state index contributed by atoms with van der Waals surface area (Å²) in [6, 6.07) is 4.75. The molecule has 3 rings (SSSR count). The van der Waals surface area contributed by atoms with Gasteiger partial charge in [0.1, 0.15) is 12.4 Å². The van der Waals surface area contributed by atoms with Crippen molar-refractivity contribution in [2.45, 2.75) is 62.6 Å². The van der Waals surface area contributed by atoms with E-state index in [1.54, 1.807) is 18.2 Å². The standard InChI is InChI=1S/C21H26ClF3N2O7/c22-11-1-2-17-15(5-11)16(29)8-18(33-17)20(31)26-4-3-12(28)9-27-19(30)10-32-13-6-14(7-13)34-21(23,24)25/h1-2,5,12-14,16,18,28-29H,3-4,6-10H2,(H,26,31)(H,27,30)/t12-,13-,14+,16+,18-/m0/s1. The summed E-state index contributed by atoms with van der Waals surface area (Å²) < 4.78 is 50.8. The molecule has 1 aliphatic carbocycles. The van der Waals surface area contributed by atoms with Gasteiger partial charge in [-0.1, -0.05) is 11.6 Å². The molecule has 1 heterocycles. The van der Waals surface area contributed by atoms with Crippen molar-refractivity contribution < 1.29 is 47.2 Å². The van der Waals surface area contributed by atoms with E-state index in [-0.39, 0.29) is 45.4 Å². The lowest BCUT2D eigenvalue weighted by Crippen LogP contribution is -2.44. The van der Waals surface area contributed by atoms with Crippen molar-refractivity contribution >= 4 is 23.4 Å². The molecule has 0 unspecified atom stereocenters. The van der Waals surface area contributed by atoms with Crippen LogP contribution in [0.2, 0.25) is 5.02 Å². The minimum absolute atomic E-state index is 0.0518. The van der Waals surface area contributed by atoms with Crippen molar-refractivity contribution in [1.29, 1.82) is 0 Å². The van der Waals surface area contributed by atoms with Gasteiger partial charge in [0.25, 0.3) is 5.91 Å². The molecule has 0 aromatic heterocycles. The van der Waals surface area contributed by atoms with Gasteiger partial charge in [0.15, 0.2) is 6.10 Å². The van der Waals surface area contributed by atoms with Gasteiger partial charge in [0.05, 0.1) is 24.4 Å². The van der Waals surface area contributed by atoms with Crippen molar-refractivity contribution in [2.24, 2.45) is 0 Å². The Labute approximate surface area is 198 Å². The summed E-state index contributed by atoms with van der Waals surface area (Å²) >= 11 is 5.91. The number of halogens is 4. The predicted molar refractivity (Wildman–Crippen MR) is 112 cm³/mol. The number of alkyl halides is 3. The summed E-state index contributed by atoms with van der Waals surface area (Å²) in [5, 5.41) is 25.7. The van der Waals surface area contributed by atoms with Crippen LogP contribution in [-0.2, 0) is 19.1 Å². The maximum atomic E-state index is 12.3. The molecule has 2 aliphatic rings. The van der Waals surface area contributed by atoms with Gasteiger partial charge in [0.2, 0.25) is 5.91 Å². The van der Waals surface area contributed by atoms with Crippen LogP contribution in [0.1, 0.15) is 37.4 Å². The number of benzene rings is 1. The molecule has 1 fully saturated rings. The molecule has 3 atom stereocenters. The van der Waals surface area contributed by atoms with E-state index in [9.17, 15) is 33.0 Å². The van der Waals surface area contributed by atoms with E-state index in [2.05, 4.69) is 15.4 Å². The van der Waals surface area contributed by atoms with Crippen LogP contribution in [0.25, 0.3) is 0 Å². The van der Waals surface area contributed by atoms with Crippen LogP contribution in [0.15, 0.2) is 18.2 Å². The highest BCUT2D eigenvalue weighted by molar-refractivity contribution is 6.30. The van der Waals surface area contributed by atoms with E-state index in [0.29, 0.717) is 16.3 Å². The Morgan fingerprint density at radius 3 is 2.65 bits per heavy atom. The normalized spacial score (nSPS) is 24.9. The number of aliphatic hydroxyl groups is 2. The second-order valence-electron chi connectivity index (χ2n) is 8.17. The highest BCUT2D eigenvalue weighted by atomic mass is 35.5. The third kappa shape index (κ3) is 7.98. The summed E-state index contributed by atoms with van der Waals surface area (Å²) in [5.74, 6) is -0.595. The van der Waals surface area contributed by atoms with Gasteiger partial charge in [-0.15, -0.1) is 13.2 Å². The molecular weight excluding hydrogens is 485 g/mol. The van der Waals surface area contributed by atoms with Crippen molar-refractivity contribution in [2.75, 3.05) is 19.7 Å². The summed E-state index contributed by atoms with van der Waals surface area (Å²) in [6.07, 6.45) is -8.56. The van der Waals surface area contributed by atoms with Gasteiger partial charge in [-0.3, -0.25) is 14.3 Å². The number of carbonyl (C=O) groups excluding carboxylic acids is 2. The largest absolute Gasteiger partial charge is 0.522 e. The van der Waals surface area contributed by atoms with Crippen LogP contribution in [0, 0.1) is 0 Å².